The SMILES string of the molecule is CCCC(Cl)CCCc1ccc(C(C)C)cc1. The van der Waals surface area contributed by atoms with E-state index in [1.807, 2.05) is 0 Å². The van der Waals surface area contributed by atoms with Crippen molar-refractivity contribution in [2.24, 2.45) is 0 Å². The highest BCUT2D eigenvalue weighted by Crippen LogP contribution is 2.17. The topological polar surface area (TPSA) is 0 Å². The van der Waals surface area contributed by atoms with Crippen molar-refractivity contribution in [3.05, 3.63) is 35.4 Å². The average Bonchev–Trinajstić information content (AvgIpc) is 2.30. The third-order valence-corrected chi connectivity index (χ3v) is 3.67. The van der Waals surface area contributed by atoms with E-state index in [0.29, 0.717) is 11.3 Å². The van der Waals surface area contributed by atoms with E-state index in [2.05, 4.69) is 45.0 Å². The quantitative estimate of drug-likeness (QED) is 0.559. The molecule has 0 aliphatic heterocycles. The molecule has 17 heavy (non-hydrogen) atoms. The molecule has 1 unspecified atom stereocenters. The van der Waals surface area contributed by atoms with Gasteiger partial charge in [0.1, 0.15) is 0 Å². The van der Waals surface area contributed by atoms with Crippen molar-refractivity contribution in [2.75, 3.05) is 0 Å². The van der Waals surface area contributed by atoms with Crippen LogP contribution >= 0.6 is 11.6 Å². The highest BCUT2D eigenvalue weighted by atomic mass is 35.5. The molecular weight excluding hydrogens is 228 g/mol. The zero-order valence-electron chi connectivity index (χ0n) is 11.4. The highest BCUT2D eigenvalue weighted by molar-refractivity contribution is 6.20. The minimum Gasteiger partial charge on any atom is -0.123 e. The number of rotatable bonds is 7. The van der Waals surface area contributed by atoms with E-state index < -0.39 is 0 Å². The summed E-state index contributed by atoms with van der Waals surface area (Å²) in [5, 5.41) is 0.370. The Balaban J connectivity index is 2.32. The Bertz CT molecular complexity index is 300. The Morgan fingerprint density at radius 3 is 2.24 bits per heavy atom. The van der Waals surface area contributed by atoms with Gasteiger partial charge in [-0.3, -0.25) is 0 Å². The molecule has 0 radical (unpaired) electrons. The summed E-state index contributed by atoms with van der Waals surface area (Å²) in [6.45, 7) is 6.66. The van der Waals surface area contributed by atoms with Crippen LogP contribution < -0.4 is 0 Å². The van der Waals surface area contributed by atoms with Gasteiger partial charge in [-0.2, -0.15) is 0 Å². The second-order valence-corrected chi connectivity index (χ2v) is 5.79. The van der Waals surface area contributed by atoms with Gasteiger partial charge in [-0.25, -0.2) is 0 Å². The monoisotopic (exact) mass is 252 g/mol. The molecule has 0 spiro atoms. The highest BCUT2D eigenvalue weighted by Gasteiger charge is 2.03. The maximum Gasteiger partial charge on any atom is 0.0336 e. The molecular formula is C16H25Cl. The standard InChI is InChI=1S/C16H25Cl/c1-4-6-16(17)8-5-7-14-9-11-15(12-10-14)13(2)3/h9-13,16H,4-8H2,1-3H3. The molecule has 0 aliphatic rings. The molecule has 0 aromatic heterocycles. The fourth-order valence-corrected chi connectivity index (χ4v) is 2.43. The van der Waals surface area contributed by atoms with Gasteiger partial charge in [0.2, 0.25) is 0 Å². The predicted molar refractivity (Wildman–Crippen MR) is 78.0 cm³/mol. The summed E-state index contributed by atoms with van der Waals surface area (Å²) in [7, 11) is 0. The minimum absolute atomic E-state index is 0.370. The second-order valence-electron chi connectivity index (χ2n) is 5.17. The number of alkyl halides is 1. The molecule has 0 bridgehead atoms. The molecule has 1 aromatic rings. The van der Waals surface area contributed by atoms with Crippen molar-refractivity contribution in [3.8, 4) is 0 Å². The van der Waals surface area contributed by atoms with Crippen molar-refractivity contribution in [3.63, 3.8) is 0 Å². The summed E-state index contributed by atoms with van der Waals surface area (Å²) in [6, 6.07) is 9.03. The van der Waals surface area contributed by atoms with Gasteiger partial charge in [0.25, 0.3) is 0 Å². The molecule has 1 aromatic carbocycles. The van der Waals surface area contributed by atoms with Gasteiger partial charge in [0, 0.05) is 5.38 Å². The van der Waals surface area contributed by atoms with Crippen LogP contribution in [-0.2, 0) is 6.42 Å². The van der Waals surface area contributed by atoms with Gasteiger partial charge in [0.05, 0.1) is 0 Å². The van der Waals surface area contributed by atoms with E-state index in [4.69, 9.17) is 11.6 Å². The summed E-state index contributed by atoms with van der Waals surface area (Å²) in [5.74, 6) is 0.626. The van der Waals surface area contributed by atoms with Gasteiger partial charge < -0.3 is 0 Å². The molecule has 0 nitrogen and oxygen atoms in total. The van der Waals surface area contributed by atoms with Crippen molar-refractivity contribution in [1.82, 2.24) is 0 Å². The van der Waals surface area contributed by atoms with Crippen molar-refractivity contribution in [1.29, 1.82) is 0 Å². The molecule has 0 amide bonds. The van der Waals surface area contributed by atoms with Gasteiger partial charge in [-0.15, -0.1) is 11.6 Å². The van der Waals surface area contributed by atoms with Crippen LogP contribution in [0.4, 0.5) is 0 Å². The van der Waals surface area contributed by atoms with E-state index in [9.17, 15) is 0 Å². The number of aryl methyl sites for hydroxylation is 1. The number of hydrogen-bond donors (Lipinski definition) is 0. The molecule has 1 rings (SSSR count). The fourth-order valence-electron chi connectivity index (χ4n) is 2.05. The third kappa shape index (κ3) is 5.59. The molecule has 0 saturated carbocycles. The van der Waals surface area contributed by atoms with Crippen LogP contribution in [0.3, 0.4) is 0 Å². The van der Waals surface area contributed by atoms with Crippen LogP contribution in [-0.4, -0.2) is 5.38 Å². The molecule has 0 N–H and O–H groups in total. The summed E-state index contributed by atoms with van der Waals surface area (Å²) < 4.78 is 0. The first-order valence-electron chi connectivity index (χ1n) is 6.86. The normalized spacial score (nSPS) is 13.0. The lowest BCUT2D eigenvalue weighted by Crippen LogP contribution is -1.98. The summed E-state index contributed by atoms with van der Waals surface area (Å²) in [4.78, 5) is 0. The predicted octanol–water partition coefficient (Wildman–Crippen LogP) is 5.54. The van der Waals surface area contributed by atoms with E-state index in [1.54, 1.807) is 0 Å². The number of hydrogen-bond acceptors (Lipinski definition) is 0. The van der Waals surface area contributed by atoms with Crippen molar-refractivity contribution < 1.29 is 0 Å². The number of halogens is 1. The first kappa shape index (κ1) is 14.6. The second kappa shape index (κ2) is 7.76. The van der Waals surface area contributed by atoms with E-state index >= 15 is 0 Å². The average molecular weight is 253 g/mol. The maximum atomic E-state index is 6.21. The molecule has 0 heterocycles. The first-order chi connectivity index (χ1) is 8.13. The molecule has 0 saturated heterocycles. The van der Waals surface area contributed by atoms with Crippen LogP contribution in [0.5, 0.6) is 0 Å². The Hall–Kier alpha value is -0.490. The van der Waals surface area contributed by atoms with Crippen LogP contribution in [0, 0.1) is 0 Å². The van der Waals surface area contributed by atoms with Gasteiger partial charge in [-0.1, -0.05) is 51.5 Å². The fraction of sp³-hybridized carbons (Fsp3) is 0.625. The van der Waals surface area contributed by atoms with Crippen molar-refractivity contribution in [2.45, 2.75) is 64.2 Å². The Kier molecular flexibility index (Phi) is 6.65. The Morgan fingerprint density at radius 1 is 1.06 bits per heavy atom. The summed E-state index contributed by atoms with van der Waals surface area (Å²) in [5.41, 5.74) is 2.87. The molecule has 1 heteroatoms. The van der Waals surface area contributed by atoms with Crippen LogP contribution in [0.25, 0.3) is 0 Å². The smallest absolute Gasteiger partial charge is 0.0336 e. The van der Waals surface area contributed by atoms with Crippen molar-refractivity contribution >= 4 is 11.6 Å². The van der Waals surface area contributed by atoms with Gasteiger partial charge >= 0.3 is 0 Å². The first-order valence-corrected chi connectivity index (χ1v) is 7.30. The van der Waals surface area contributed by atoms with Crippen LogP contribution in [0.2, 0.25) is 0 Å². The largest absolute Gasteiger partial charge is 0.123 e. The van der Waals surface area contributed by atoms with E-state index in [1.165, 1.54) is 24.0 Å². The third-order valence-electron chi connectivity index (χ3n) is 3.23. The lowest BCUT2D eigenvalue weighted by atomic mass is 9.99. The summed E-state index contributed by atoms with van der Waals surface area (Å²) >= 11 is 6.21. The van der Waals surface area contributed by atoms with Crippen LogP contribution in [0.1, 0.15) is 63.5 Å². The van der Waals surface area contributed by atoms with Gasteiger partial charge in [0.15, 0.2) is 0 Å². The molecule has 0 aliphatic carbocycles. The molecule has 0 fully saturated rings. The maximum absolute atomic E-state index is 6.21. The van der Waals surface area contributed by atoms with E-state index in [0.717, 1.165) is 19.3 Å². The molecule has 96 valence electrons. The Morgan fingerprint density at radius 2 is 1.71 bits per heavy atom. The zero-order valence-corrected chi connectivity index (χ0v) is 12.1. The van der Waals surface area contributed by atoms with Crippen LogP contribution in [0.15, 0.2) is 24.3 Å². The lowest BCUT2D eigenvalue weighted by Gasteiger charge is -2.09. The van der Waals surface area contributed by atoms with Gasteiger partial charge in [-0.05, 0) is 42.7 Å². The summed E-state index contributed by atoms with van der Waals surface area (Å²) in [6.07, 6.45) is 5.84. The lowest BCUT2D eigenvalue weighted by molar-refractivity contribution is 0.640. The Labute approximate surface area is 111 Å². The van der Waals surface area contributed by atoms with E-state index in [-0.39, 0.29) is 0 Å². The zero-order chi connectivity index (χ0) is 12.7. The molecule has 1 atom stereocenters. The minimum atomic E-state index is 0.370. The number of benzene rings is 1.